The van der Waals surface area contributed by atoms with E-state index in [1.807, 2.05) is 37.3 Å². The molecule has 4 rings (SSSR count). The molecule has 8 heteroatoms. The Morgan fingerprint density at radius 3 is 2.28 bits per heavy atom. The molecule has 0 bridgehead atoms. The van der Waals surface area contributed by atoms with Crippen molar-refractivity contribution >= 4 is 30.0 Å². The van der Waals surface area contributed by atoms with E-state index in [-0.39, 0.29) is 31.4 Å². The summed E-state index contributed by atoms with van der Waals surface area (Å²) in [6.45, 7) is 1.86. The molecule has 0 saturated carbocycles. The van der Waals surface area contributed by atoms with E-state index in [9.17, 15) is 4.79 Å². The standard InChI is InChI=1S/C24H20ClN3O3.ClH/c1-15-18(16-7-3-2-4-8-16)10-6-11-19(15)23-27-28-24(31-23)20-12-5-9-17(22(20)25)14-30-21(29)13-26;/h2-12H,13-14,26H2,1H3;1H. The summed E-state index contributed by atoms with van der Waals surface area (Å²) in [6.07, 6.45) is 0. The van der Waals surface area contributed by atoms with Crippen LogP contribution in [0, 0.1) is 6.92 Å². The summed E-state index contributed by atoms with van der Waals surface area (Å²) in [5.41, 5.74) is 10.6. The van der Waals surface area contributed by atoms with E-state index < -0.39 is 5.97 Å². The minimum atomic E-state index is -0.504. The van der Waals surface area contributed by atoms with Crippen molar-refractivity contribution in [3.63, 3.8) is 0 Å². The maximum absolute atomic E-state index is 11.3. The molecule has 4 aromatic rings. The first-order valence-electron chi connectivity index (χ1n) is 9.71. The molecular formula is C24H21Cl2N3O3. The van der Waals surface area contributed by atoms with Crippen LogP contribution in [-0.4, -0.2) is 22.7 Å². The number of carbonyl (C=O) groups excluding carboxylic acids is 1. The Balaban J connectivity index is 0.00000289. The lowest BCUT2D eigenvalue weighted by Crippen LogP contribution is -2.16. The Kier molecular flexibility index (Phi) is 7.64. The summed E-state index contributed by atoms with van der Waals surface area (Å²) < 4.78 is 11.1. The fourth-order valence-corrected chi connectivity index (χ4v) is 3.57. The average Bonchev–Trinajstić information content (AvgIpc) is 3.28. The van der Waals surface area contributed by atoms with Gasteiger partial charge in [-0.3, -0.25) is 4.79 Å². The Morgan fingerprint density at radius 1 is 0.938 bits per heavy atom. The normalized spacial score (nSPS) is 10.5. The molecule has 0 fully saturated rings. The lowest BCUT2D eigenvalue weighted by atomic mass is 9.96. The summed E-state index contributed by atoms with van der Waals surface area (Å²) >= 11 is 6.51. The van der Waals surface area contributed by atoms with Gasteiger partial charge < -0.3 is 14.9 Å². The molecule has 3 aromatic carbocycles. The van der Waals surface area contributed by atoms with Gasteiger partial charge in [0.15, 0.2) is 0 Å². The summed E-state index contributed by atoms with van der Waals surface area (Å²) in [6, 6.07) is 21.4. The number of rotatable bonds is 6. The highest BCUT2D eigenvalue weighted by atomic mass is 35.5. The van der Waals surface area contributed by atoms with Crippen LogP contribution in [0.1, 0.15) is 11.1 Å². The number of nitrogens with two attached hydrogens (primary N) is 1. The zero-order valence-electron chi connectivity index (χ0n) is 17.2. The highest BCUT2D eigenvalue weighted by Gasteiger charge is 2.18. The minimum Gasteiger partial charge on any atom is -0.460 e. The third-order valence-electron chi connectivity index (χ3n) is 4.94. The second-order valence-electron chi connectivity index (χ2n) is 6.90. The maximum Gasteiger partial charge on any atom is 0.320 e. The number of halogens is 2. The zero-order chi connectivity index (χ0) is 21.8. The van der Waals surface area contributed by atoms with Crippen molar-refractivity contribution in [3.8, 4) is 34.0 Å². The van der Waals surface area contributed by atoms with E-state index in [0.717, 1.165) is 22.3 Å². The highest BCUT2D eigenvalue weighted by Crippen LogP contribution is 2.35. The minimum absolute atomic E-state index is 0. The first kappa shape index (κ1) is 23.5. The van der Waals surface area contributed by atoms with E-state index in [4.69, 9.17) is 26.5 Å². The third-order valence-corrected chi connectivity index (χ3v) is 5.38. The van der Waals surface area contributed by atoms with Crippen LogP contribution in [0.3, 0.4) is 0 Å². The van der Waals surface area contributed by atoms with Gasteiger partial charge in [-0.05, 0) is 35.7 Å². The van der Waals surface area contributed by atoms with Crippen molar-refractivity contribution in [2.75, 3.05) is 6.54 Å². The number of ether oxygens (including phenoxy) is 1. The lowest BCUT2D eigenvalue weighted by molar-refractivity contribution is -0.143. The van der Waals surface area contributed by atoms with Crippen molar-refractivity contribution in [3.05, 3.63) is 82.9 Å². The molecule has 6 nitrogen and oxygen atoms in total. The number of nitrogens with zero attached hydrogens (tertiary/aromatic N) is 2. The predicted molar refractivity (Wildman–Crippen MR) is 126 cm³/mol. The maximum atomic E-state index is 11.3. The van der Waals surface area contributed by atoms with Crippen molar-refractivity contribution in [2.45, 2.75) is 13.5 Å². The molecule has 1 aromatic heterocycles. The van der Waals surface area contributed by atoms with Gasteiger partial charge in [0.2, 0.25) is 11.8 Å². The molecule has 0 radical (unpaired) electrons. The topological polar surface area (TPSA) is 91.2 Å². The number of carbonyl (C=O) groups is 1. The predicted octanol–water partition coefficient (Wildman–Crippen LogP) is 5.46. The van der Waals surface area contributed by atoms with Crippen LogP contribution in [0.25, 0.3) is 34.0 Å². The van der Waals surface area contributed by atoms with E-state index >= 15 is 0 Å². The van der Waals surface area contributed by atoms with Gasteiger partial charge in [0.25, 0.3) is 0 Å². The average molecular weight is 470 g/mol. The van der Waals surface area contributed by atoms with Gasteiger partial charge in [0.1, 0.15) is 6.61 Å². The first-order chi connectivity index (χ1) is 15.1. The molecule has 0 aliphatic carbocycles. The molecule has 0 spiro atoms. The van der Waals surface area contributed by atoms with Gasteiger partial charge in [-0.15, -0.1) is 22.6 Å². The number of hydrogen-bond donors (Lipinski definition) is 1. The quantitative estimate of drug-likeness (QED) is 0.377. The van der Waals surface area contributed by atoms with Crippen LogP contribution in [-0.2, 0) is 16.1 Å². The molecular weight excluding hydrogens is 449 g/mol. The van der Waals surface area contributed by atoms with Gasteiger partial charge >= 0.3 is 5.97 Å². The van der Waals surface area contributed by atoms with Gasteiger partial charge in [0, 0.05) is 11.1 Å². The summed E-state index contributed by atoms with van der Waals surface area (Å²) in [5.74, 6) is 0.188. The van der Waals surface area contributed by atoms with Crippen LogP contribution >= 0.6 is 24.0 Å². The van der Waals surface area contributed by atoms with Crippen LogP contribution in [0.15, 0.2) is 71.1 Å². The van der Waals surface area contributed by atoms with Gasteiger partial charge in [0.05, 0.1) is 17.1 Å². The third kappa shape index (κ3) is 4.83. The molecule has 0 aliphatic rings. The summed E-state index contributed by atoms with van der Waals surface area (Å²) in [5, 5.41) is 8.82. The Hall–Kier alpha value is -3.19. The highest BCUT2D eigenvalue weighted by molar-refractivity contribution is 6.33. The Bertz CT molecular complexity index is 1230. The van der Waals surface area contributed by atoms with Crippen LogP contribution < -0.4 is 5.73 Å². The molecule has 2 N–H and O–H groups in total. The van der Waals surface area contributed by atoms with E-state index in [1.54, 1.807) is 18.2 Å². The van der Waals surface area contributed by atoms with E-state index in [0.29, 0.717) is 22.0 Å². The molecule has 0 unspecified atom stereocenters. The van der Waals surface area contributed by atoms with Crippen LogP contribution in [0.5, 0.6) is 0 Å². The van der Waals surface area contributed by atoms with Crippen LogP contribution in [0.2, 0.25) is 5.02 Å². The monoisotopic (exact) mass is 469 g/mol. The molecule has 1 heterocycles. The van der Waals surface area contributed by atoms with Gasteiger partial charge in [-0.1, -0.05) is 66.2 Å². The van der Waals surface area contributed by atoms with Crippen molar-refractivity contribution in [2.24, 2.45) is 5.73 Å². The molecule has 32 heavy (non-hydrogen) atoms. The zero-order valence-corrected chi connectivity index (χ0v) is 18.8. The second-order valence-corrected chi connectivity index (χ2v) is 7.28. The Labute approximate surface area is 196 Å². The number of esters is 1. The number of aromatic nitrogens is 2. The largest absolute Gasteiger partial charge is 0.460 e. The molecule has 164 valence electrons. The molecule has 0 amide bonds. The summed E-state index contributed by atoms with van der Waals surface area (Å²) in [4.78, 5) is 11.3. The molecule has 0 atom stereocenters. The van der Waals surface area contributed by atoms with Gasteiger partial charge in [-0.25, -0.2) is 0 Å². The lowest BCUT2D eigenvalue weighted by Gasteiger charge is -2.09. The van der Waals surface area contributed by atoms with Crippen molar-refractivity contribution in [1.29, 1.82) is 0 Å². The second kappa shape index (κ2) is 10.4. The van der Waals surface area contributed by atoms with Gasteiger partial charge in [-0.2, -0.15) is 0 Å². The first-order valence-corrected chi connectivity index (χ1v) is 10.1. The number of benzene rings is 3. The smallest absolute Gasteiger partial charge is 0.320 e. The summed E-state index contributed by atoms with van der Waals surface area (Å²) in [7, 11) is 0. The number of hydrogen-bond acceptors (Lipinski definition) is 6. The van der Waals surface area contributed by atoms with Crippen LogP contribution in [0.4, 0.5) is 0 Å². The van der Waals surface area contributed by atoms with Crippen molar-refractivity contribution < 1.29 is 13.9 Å². The SMILES string of the molecule is Cc1c(-c2ccccc2)cccc1-c1nnc(-c2cccc(COC(=O)CN)c2Cl)o1.Cl. The van der Waals surface area contributed by atoms with E-state index in [1.165, 1.54) is 0 Å². The molecule has 0 aliphatic heterocycles. The fraction of sp³-hybridized carbons (Fsp3) is 0.125. The Morgan fingerprint density at radius 2 is 1.56 bits per heavy atom. The van der Waals surface area contributed by atoms with E-state index in [2.05, 4.69) is 28.4 Å². The molecule has 0 saturated heterocycles. The van der Waals surface area contributed by atoms with Crippen molar-refractivity contribution in [1.82, 2.24) is 10.2 Å². The fourth-order valence-electron chi connectivity index (χ4n) is 3.31.